The van der Waals surface area contributed by atoms with Crippen LogP contribution in [0.4, 0.5) is 0 Å². The zero-order valence-corrected chi connectivity index (χ0v) is 14.4. The summed E-state index contributed by atoms with van der Waals surface area (Å²) in [6, 6.07) is 16.3. The van der Waals surface area contributed by atoms with Crippen LogP contribution in [0.3, 0.4) is 0 Å². The molecule has 3 rings (SSSR count). The van der Waals surface area contributed by atoms with Gasteiger partial charge in [-0.3, -0.25) is 14.2 Å². The van der Waals surface area contributed by atoms with E-state index in [0.29, 0.717) is 30.0 Å². The van der Waals surface area contributed by atoms with E-state index in [1.165, 1.54) is 17.1 Å². The van der Waals surface area contributed by atoms with Gasteiger partial charge in [0, 0.05) is 30.4 Å². The van der Waals surface area contributed by atoms with E-state index in [1.54, 1.807) is 31.2 Å². The van der Waals surface area contributed by atoms with Crippen LogP contribution in [0, 0.1) is 6.92 Å². The first-order chi connectivity index (χ1) is 12.6. The number of nitrogens with one attached hydrogen (secondary N) is 1. The van der Waals surface area contributed by atoms with Gasteiger partial charge in [-0.2, -0.15) is 0 Å². The fraction of sp³-hybridized carbons (Fsp3) is 0.150. The quantitative estimate of drug-likeness (QED) is 0.743. The molecule has 1 N–H and O–H groups in total. The predicted octanol–water partition coefficient (Wildman–Crippen LogP) is 2.77. The van der Waals surface area contributed by atoms with Gasteiger partial charge in [0.25, 0.3) is 11.5 Å². The van der Waals surface area contributed by atoms with Gasteiger partial charge in [-0.25, -0.2) is 4.98 Å². The number of rotatable bonds is 6. The third-order valence-corrected chi connectivity index (χ3v) is 3.81. The largest absolute Gasteiger partial charge is 0.457 e. The van der Waals surface area contributed by atoms with Gasteiger partial charge in [0.05, 0.1) is 6.33 Å². The topological polar surface area (TPSA) is 73.2 Å². The standard InChI is InChI=1S/C20H19N3O3/c1-15-13-21-14-23(20(15)25)12-11-22-19(24)16-7-9-18(10-8-16)26-17-5-3-2-4-6-17/h2-10,13-14H,11-12H2,1H3,(H,22,24). The molecule has 6 heteroatoms. The van der Waals surface area contributed by atoms with Crippen LogP contribution in [0.1, 0.15) is 15.9 Å². The normalized spacial score (nSPS) is 10.3. The van der Waals surface area contributed by atoms with Gasteiger partial charge >= 0.3 is 0 Å². The van der Waals surface area contributed by atoms with Gasteiger partial charge in [-0.05, 0) is 43.3 Å². The maximum absolute atomic E-state index is 12.2. The predicted molar refractivity (Wildman–Crippen MR) is 98.5 cm³/mol. The Labute approximate surface area is 151 Å². The Balaban J connectivity index is 1.55. The molecule has 3 aromatic rings. The fourth-order valence-electron chi connectivity index (χ4n) is 2.41. The Bertz CT molecular complexity index is 935. The highest BCUT2D eigenvalue weighted by molar-refractivity contribution is 5.94. The first kappa shape index (κ1) is 17.4. The van der Waals surface area contributed by atoms with Crippen LogP contribution in [-0.2, 0) is 6.54 Å². The van der Waals surface area contributed by atoms with Gasteiger partial charge < -0.3 is 10.1 Å². The number of nitrogens with zero attached hydrogens (tertiary/aromatic N) is 2. The molecular weight excluding hydrogens is 330 g/mol. The van der Waals surface area contributed by atoms with Crippen LogP contribution in [0.5, 0.6) is 11.5 Å². The van der Waals surface area contributed by atoms with Gasteiger partial charge in [-0.15, -0.1) is 0 Å². The lowest BCUT2D eigenvalue weighted by Gasteiger charge is -2.09. The fourth-order valence-corrected chi connectivity index (χ4v) is 2.41. The average molecular weight is 349 g/mol. The van der Waals surface area contributed by atoms with E-state index >= 15 is 0 Å². The summed E-state index contributed by atoms with van der Waals surface area (Å²) in [6.07, 6.45) is 2.99. The highest BCUT2D eigenvalue weighted by atomic mass is 16.5. The molecule has 1 heterocycles. The molecular formula is C20H19N3O3. The van der Waals surface area contributed by atoms with Gasteiger partial charge in [0.2, 0.25) is 0 Å². The molecule has 2 aromatic carbocycles. The van der Waals surface area contributed by atoms with E-state index in [9.17, 15) is 9.59 Å². The molecule has 0 aliphatic carbocycles. The van der Waals surface area contributed by atoms with Crippen molar-refractivity contribution in [2.24, 2.45) is 0 Å². The maximum Gasteiger partial charge on any atom is 0.256 e. The van der Waals surface area contributed by atoms with E-state index < -0.39 is 0 Å². The summed E-state index contributed by atoms with van der Waals surface area (Å²) < 4.78 is 7.18. The van der Waals surface area contributed by atoms with Gasteiger partial charge in [0.15, 0.2) is 0 Å². The van der Waals surface area contributed by atoms with E-state index in [2.05, 4.69) is 10.3 Å². The van der Waals surface area contributed by atoms with Crippen molar-refractivity contribution < 1.29 is 9.53 Å². The third-order valence-electron chi connectivity index (χ3n) is 3.81. The highest BCUT2D eigenvalue weighted by Crippen LogP contribution is 2.21. The summed E-state index contributed by atoms with van der Waals surface area (Å²) in [4.78, 5) is 28.1. The van der Waals surface area contributed by atoms with Crippen molar-refractivity contribution in [2.75, 3.05) is 6.54 Å². The van der Waals surface area contributed by atoms with Crippen molar-refractivity contribution in [3.05, 3.63) is 88.6 Å². The molecule has 26 heavy (non-hydrogen) atoms. The summed E-state index contributed by atoms with van der Waals surface area (Å²) in [5.74, 6) is 1.19. The number of benzene rings is 2. The number of aryl methyl sites for hydroxylation is 1. The smallest absolute Gasteiger partial charge is 0.256 e. The Morgan fingerprint density at radius 3 is 2.50 bits per heavy atom. The molecule has 0 fully saturated rings. The average Bonchev–Trinajstić information content (AvgIpc) is 2.66. The van der Waals surface area contributed by atoms with Crippen molar-refractivity contribution in [2.45, 2.75) is 13.5 Å². The number of ether oxygens (including phenoxy) is 1. The molecule has 0 unspecified atom stereocenters. The number of aromatic nitrogens is 2. The van der Waals surface area contributed by atoms with Crippen LogP contribution in [-0.4, -0.2) is 22.0 Å². The Morgan fingerprint density at radius 2 is 1.77 bits per heavy atom. The monoisotopic (exact) mass is 349 g/mol. The Hall–Kier alpha value is -3.41. The maximum atomic E-state index is 12.2. The minimum absolute atomic E-state index is 0.100. The number of hydrogen-bond donors (Lipinski definition) is 1. The lowest BCUT2D eigenvalue weighted by atomic mass is 10.2. The number of amides is 1. The minimum Gasteiger partial charge on any atom is -0.457 e. The number of carbonyl (C=O) groups is 1. The van der Waals surface area contributed by atoms with Crippen molar-refractivity contribution in [1.29, 1.82) is 0 Å². The molecule has 6 nitrogen and oxygen atoms in total. The Morgan fingerprint density at radius 1 is 1.08 bits per heavy atom. The van der Waals surface area contributed by atoms with Crippen molar-refractivity contribution >= 4 is 5.91 Å². The van der Waals surface area contributed by atoms with E-state index in [-0.39, 0.29) is 11.5 Å². The lowest BCUT2D eigenvalue weighted by molar-refractivity contribution is 0.0952. The van der Waals surface area contributed by atoms with Crippen molar-refractivity contribution in [1.82, 2.24) is 14.9 Å². The Kier molecular flexibility index (Phi) is 5.43. The highest BCUT2D eigenvalue weighted by Gasteiger charge is 2.06. The van der Waals surface area contributed by atoms with E-state index in [4.69, 9.17) is 4.74 Å². The molecule has 0 atom stereocenters. The zero-order valence-electron chi connectivity index (χ0n) is 14.4. The number of carbonyl (C=O) groups excluding carboxylic acids is 1. The first-order valence-corrected chi connectivity index (χ1v) is 8.26. The summed E-state index contributed by atoms with van der Waals surface area (Å²) >= 11 is 0. The number of para-hydroxylation sites is 1. The van der Waals surface area contributed by atoms with Crippen LogP contribution >= 0.6 is 0 Å². The molecule has 0 bridgehead atoms. The molecule has 0 saturated carbocycles. The summed E-state index contributed by atoms with van der Waals surface area (Å²) in [5.41, 5.74) is 1.00. The molecule has 0 radical (unpaired) electrons. The molecule has 0 spiro atoms. The van der Waals surface area contributed by atoms with Crippen LogP contribution in [0.15, 0.2) is 71.9 Å². The van der Waals surface area contributed by atoms with Crippen LogP contribution < -0.4 is 15.6 Å². The van der Waals surface area contributed by atoms with Crippen LogP contribution in [0.2, 0.25) is 0 Å². The zero-order chi connectivity index (χ0) is 18.4. The second-order valence-electron chi connectivity index (χ2n) is 5.77. The summed E-state index contributed by atoms with van der Waals surface area (Å²) in [5, 5.41) is 2.80. The second kappa shape index (κ2) is 8.11. The van der Waals surface area contributed by atoms with Crippen molar-refractivity contribution in [3.63, 3.8) is 0 Å². The first-order valence-electron chi connectivity index (χ1n) is 8.26. The van der Waals surface area contributed by atoms with E-state index in [0.717, 1.165) is 5.75 Å². The van der Waals surface area contributed by atoms with Gasteiger partial charge in [-0.1, -0.05) is 18.2 Å². The molecule has 1 aromatic heterocycles. The molecule has 0 aliphatic rings. The molecule has 0 aliphatic heterocycles. The van der Waals surface area contributed by atoms with Crippen molar-refractivity contribution in [3.8, 4) is 11.5 Å². The second-order valence-corrected chi connectivity index (χ2v) is 5.77. The van der Waals surface area contributed by atoms with E-state index in [1.807, 2.05) is 30.3 Å². The lowest BCUT2D eigenvalue weighted by Crippen LogP contribution is -2.31. The molecule has 0 saturated heterocycles. The molecule has 132 valence electrons. The summed E-state index contributed by atoms with van der Waals surface area (Å²) in [7, 11) is 0. The van der Waals surface area contributed by atoms with Crippen LogP contribution in [0.25, 0.3) is 0 Å². The van der Waals surface area contributed by atoms with Gasteiger partial charge in [0.1, 0.15) is 11.5 Å². The number of hydrogen-bond acceptors (Lipinski definition) is 4. The molecule has 1 amide bonds. The summed E-state index contributed by atoms with van der Waals surface area (Å²) in [6.45, 7) is 2.42. The minimum atomic E-state index is -0.204. The third kappa shape index (κ3) is 4.36. The SMILES string of the molecule is Cc1cncn(CCNC(=O)c2ccc(Oc3ccccc3)cc2)c1=O.